The van der Waals surface area contributed by atoms with Crippen molar-refractivity contribution in [1.82, 2.24) is 10.6 Å². The number of nitrogens with one attached hydrogen (secondary N) is 2. The normalized spacial score (nSPS) is 16.9. The molecule has 0 unspecified atom stereocenters. The molecule has 0 atom stereocenters. The van der Waals surface area contributed by atoms with Crippen molar-refractivity contribution in [2.75, 3.05) is 26.3 Å². The number of aliphatic imine (C=N–C) groups is 1. The second-order valence-electron chi connectivity index (χ2n) is 5.71. The van der Waals surface area contributed by atoms with Gasteiger partial charge < -0.3 is 15.4 Å². The molecule has 0 aromatic heterocycles. The van der Waals surface area contributed by atoms with Crippen LogP contribution in [0.15, 0.2) is 4.99 Å². The maximum Gasteiger partial charge on any atom is 0.191 e. The van der Waals surface area contributed by atoms with Gasteiger partial charge in [-0.1, -0.05) is 33.1 Å². The highest BCUT2D eigenvalue weighted by atomic mass is 127. The summed E-state index contributed by atoms with van der Waals surface area (Å²) in [6, 6.07) is 0.600. The van der Waals surface area contributed by atoms with Crippen molar-refractivity contribution < 1.29 is 4.74 Å². The maximum atomic E-state index is 5.55. The summed E-state index contributed by atoms with van der Waals surface area (Å²) in [6.45, 7) is 9.60. The first-order valence-corrected chi connectivity index (χ1v) is 7.85. The topological polar surface area (TPSA) is 45.7 Å². The monoisotopic (exact) mass is 397 g/mol. The Hall–Kier alpha value is -0.0400. The zero-order chi connectivity index (χ0) is 13.9. The van der Waals surface area contributed by atoms with Crippen molar-refractivity contribution in [3.05, 3.63) is 0 Å². The van der Waals surface area contributed by atoms with Crippen molar-refractivity contribution in [3.63, 3.8) is 0 Å². The minimum Gasteiger partial charge on any atom is -0.379 e. The molecule has 5 heteroatoms. The predicted molar refractivity (Wildman–Crippen MR) is 97.1 cm³/mol. The Morgan fingerprint density at radius 3 is 2.55 bits per heavy atom. The summed E-state index contributed by atoms with van der Waals surface area (Å²) in [4.78, 5) is 4.57. The van der Waals surface area contributed by atoms with Crippen molar-refractivity contribution >= 4 is 29.9 Å². The van der Waals surface area contributed by atoms with Gasteiger partial charge in [0.15, 0.2) is 5.96 Å². The van der Waals surface area contributed by atoms with E-state index in [1.165, 1.54) is 32.1 Å². The average Bonchev–Trinajstić information content (AvgIpc) is 2.39. The van der Waals surface area contributed by atoms with E-state index in [-0.39, 0.29) is 24.0 Å². The third kappa shape index (κ3) is 9.80. The molecule has 1 saturated carbocycles. The number of nitrogens with zero attached hydrogens (tertiary/aromatic N) is 1. The highest BCUT2D eigenvalue weighted by molar-refractivity contribution is 14.0. The van der Waals surface area contributed by atoms with Gasteiger partial charge in [-0.2, -0.15) is 0 Å². The van der Waals surface area contributed by atoms with Crippen LogP contribution in [-0.2, 0) is 4.74 Å². The lowest BCUT2D eigenvalue weighted by Crippen LogP contribution is -2.44. The predicted octanol–water partition coefficient (Wildman–Crippen LogP) is 3.16. The van der Waals surface area contributed by atoms with Gasteiger partial charge in [-0.05, 0) is 25.7 Å². The smallest absolute Gasteiger partial charge is 0.191 e. The van der Waals surface area contributed by atoms with Crippen LogP contribution >= 0.6 is 24.0 Å². The van der Waals surface area contributed by atoms with E-state index in [0.29, 0.717) is 18.6 Å². The molecular formula is C15H32IN3O. The van der Waals surface area contributed by atoms with Crippen molar-refractivity contribution in [2.45, 2.75) is 58.9 Å². The Kier molecular flexibility index (Phi) is 12.7. The molecule has 1 aliphatic carbocycles. The fourth-order valence-corrected chi connectivity index (χ4v) is 2.30. The molecule has 0 aliphatic heterocycles. The second-order valence-corrected chi connectivity index (χ2v) is 5.71. The lowest BCUT2D eigenvalue weighted by Gasteiger charge is -2.24. The van der Waals surface area contributed by atoms with Crippen LogP contribution in [0.5, 0.6) is 0 Å². The zero-order valence-corrected chi connectivity index (χ0v) is 15.6. The highest BCUT2D eigenvalue weighted by Crippen LogP contribution is 2.17. The average molecular weight is 397 g/mol. The minimum absolute atomic E-state index is 0. The Bertz CT molecular complexity index is 254. The molecule has 1 aliphatic rings. The van der Waals surface area contributed by atoms with Gasteiger partial charge >= 0.3 is 0 Å². The van der Waals surface area contributed by atoms with Gasteiger partial charge in [-0.3, -0.25) is 4.99 Å². The van der Waals surface area contributed by atoms with Crippen LogP contribution in [0.4, 0.5) is 0 Å². The Morgan fingerprint density at radius 1 is 1.25 bits per heavy atom. The SMILES string of the molecule is CCNC(=NCCOCC(C)C)NC1CCCCC1.I. The van der Waals surface area contributed by atoms with E-state index in [2.05, 4.69) is 36.4 Å². The molecule has 0 spiro atoms. The minimum atomic E-state index is 0. The van der Waals surface area contributed by atoms with Crippen LogP contribution in [0.3, 0.4) is 0 Å². The van der Waals surface area contributed by atoms with E-state index < -0.39 is 0 Å². The molecule has 0 heterocycles. The number of rotatable bonds is 7. The number of hydrogen-bond donors (Lipinski definition) is 2. The lowest BCUT2D eigenvalue weighted by atomic mass is 9.96. The van der Waals surface area contributed by atoms with Gasteiger partial charge in [-0.15, -0.1) is 24.0 Å². The van der Waals surface area contributed by atoms with Gasteiger partial charge in [0.2, 0.25) is 0 Å². The maximum absolute atomic E-state index is 5.55. The standard InChI is InChI=1S/C15H31N3O.HI/c1-4-16-15(17-10-11-19-12-13(2)3)18-14-8-6-5-7-9-14;/h13-14H,4-12H2,1-3H3,(H2,16,17,18);1H. The molecule has 4 nitrogen and oxygen atoms in total. The summed E-state index contributed by atoms with van der Waals surface area (Å²) in [7, 11) is 0. The highest BCUT2D eigenvalue weighted by Gasteiger charge is 2.14. The summed E-state index contributed by atoms with van der Waals surface area (Å²) < 4.78 is 5.55. The largest absolute Gasteiger partial charge is 0.379 e. The van der Waals surface area contributed by atoms with Crippen molar-refractivity contribution in [1.29, 1.82) is 0 Å². The van der Waals surface area contributed by atoms with Crippen LogP contribution in [0, 0.1) is 5.92 Å². The molecule has 1 fully saturated rings. The number of ether oxygens (including phenoxy) is 1. The Labute approximate surface area is 141 Å². The third-order valence-corrected chi connectivity index (χ3v) is 3.25. The lowest BCUT2D eigenvalue weighted by molar-refractivity contribution is 0.117. The number of guanidine groups is 1. The van der Waals surface area contributed by atoms with Crippen LogP contribution < -0.4 is 10.6 Å². The van der Waals surface area contributed by atoms with Crippen LogP contribution in [0.1, 0.15) is 52.9 Å². The van der Waals surface area contributed by atoms with Crippen LogP contribution in [0.2, 0.25) is 0 Å². The van der Waals surface area contributed by atoms with Gasteiger partial charge in [0.05, 0.1) is 13.2 Å². The van der Waals surface area contributed by atoms with E-state index in [4.69, 9.17) is 4.74 Å². The van der Waals surface area contributed by atoms with Gasteiger partial charge in [-0.25, -0.2) is 0 Å². The summed E-state index contributed by atoms with van der Waals surface area (Å²) in [5.41, 5.74) is 0. The first kappa shape index (κ1) is 20.0. The van der Waals surface area contributed by atoms with Crippen LogP contribution in [0.25, 0.3) is 0 Å². The molecule has 0 aromatic carbocycles. The van der Waals surface area contributed by atoms with Crippen molar-refractivity contribution in [3.8, 4) is 0 Å². The fraction of sp³-hybridized carbons (Fsp3) is 0.933. The fourth-order valence-electron chi connectivity index (χ4n) is 2.30. The summed E-state index contributed by atoms with van der Waals surface area (Å²) in [5.74, 6) is 1.54. The molecule has 2 N–H and O–H groups in total. The molecule has 0 amide bonds. The molecule has 0 aromatic rings. The molecular weight excluding hydrogens is 365 g/mol. The van der Waals surface area contributed by atoms with Gasteiger partial charge in [0, 0.05) is 19.2 Å². The third-order valence-electron chi connectivity index (χ3n) is 3.25. The summed E-state index contributed by atoms with van der Waals surface area (Å²) in [6.07, 6.45) is 6.61. The Balaban J connectivity index is 0.00000361. The van der Waals surface area contributed by atoms with Gasteiger partial charge in [0.25, 0.3) is 0 Å². The zero-order valence-electron chi connectivity index (χ0n) is 13.3. The number of halogens is 1. The molecule has 0 saturated heterocycles. The molecule has 120 valence electrons. The first-order chi connectivity index (χ1) is 9.22. The number of hydrogen-bond acceptors (Lipinski definition) is 2. The van der Waals surface area contributed by atoms with E-state index in [1.807, 2.05) is 0 Å². The molecule has 0 bridgehead atoms. The first-order valence-electron chi connectivity index (χ1n) is 7.85. The van der Waals surface area contributed by atoms with E-state index in [1.54, 1.807) is 0 Å². The quantitative estimate of drug-likeness (QED) is 0.300. The summed E-state index contributed by atoms with van der Waals surface area (Å²) >= 11 is 0. The molecule has 20 heavy (non-hydrogen) atoms. The van der Waals surface area contributed by atoms with E-state index in [0.717, 1.165) is 25.7 Å². The Morgan fingerprint density at radius 2 is 1.95 bits per heavy atom. The van der Waals surface area contributed by atoms with Crippen molar-refractivity contribution in [2.24, 2.45) is 10.9 Å². The summed E-state index contributed by atoms with van der Waals surface area (Å²) in [5, 5.41) is 6.85. The second kappa shape index (κ2) is 12.7. The molecule has 1 rings (SSSR count). The van der Waals surface area contributed by atoms with E-state index in [9.17, 15) is 0 Å². The van der Waals surface area contributed by atoms with Gasteiger partial charge in [0.1, 0.15) is 0 Å². The van der Waals surface area contributed by atoms with E-state index >= 15 is 0 Å². The van der Waals surface area contributed by atoms with Crippen LogP contribution in [-0.4, -0.2) is 38.3 Å². The molecule has 0 radical (unpaired) electrons.